The van der Waals surface area contributed by atoms with Crippen molar-refractivity contribution in [3.8, 4) is 6.07 Å². The molecule has 0 aromatic heterocycles. The van der Waals surface area contributed by atoms with Crippen molar-refractivity contribution in [3.63, 3.8) is 0 Å². The van der Waals surface area contributed by atoms with Gasteiger partial charge >= 0.3 is 18.3 Å². The predicted molar refractivity (Wildman–Crippen MR) is 110 cm³/mol. The maximum atomic E-state index is 13.5. The molecule has 5 atom stereocenters. The smallest absolute Gasteiger partial charge is 0.356 e. The summed E-state index contributed by atoms with van der Waals surface area (Å²) in [6.45, 7) is 3.26. The fourth-order valence-corrected chi connectivity index (χ4v) is 4.16. The third-order valence-electron chi connectivity index (χ3n) is 6.15. The summed E-state index contributed by atoms with van der Waals surface area (Å²) in [5.41, 5.74) is -1.36. The van der Waals surface area contributed by atoms with Crippen molar-refractivity contribution in [2.75, 3.05) is 13.1 Å². The molecule has 9 nitrogen and oxygen atoms in total. The number of amides is 4. The summed E-state index contributed by atoms with van der Waals surface area (Å²) in [4.78, 5) is 49.9. The Bertz CT molecular complexity index is 924. The van der Waals surface area contributed by atoms with Gasteiger partial charge < -0.3 is 20.9 Å². The van der Waals surface area contributed by atoms with Crippen LogP contribution in [0.15, 0.2) is 0 Å². The van der Waals surface area contributed by atoms with Gasteiger partial charge in [-0.3, -0.25) is 19.2 Å². The second kappa shape index (κ2) is 10.5. The molecule has 0 saturated carbocycles. The first-order valence-corrected chi connectivity index (χ1v) is 11.1. The van der Waals surface area contributed by atoms with E-state index in [0.29, 0.717) is 17.9 Å². The van der Waals surface area contributed by atoms with Crippen molar-refractivity contribution < 1.29 is 45.5 Å². The zero-order valence-electron chi connectivity index (χ0n) is 19.7. The van der Waals surface area contributed by atoms with E-state index in [4.69, 9.17) is 0 Å². The molecule has 3 N–H and O–H groups in total. The lowest BCUT2D eigenvalue weighted by Gasteiger charge is -2.35. The Morgan fingerprint density at radius 1 is 1.14 bits per heavy atom. The maximum absolute atomic E-state index is 13.5. The number of rotatable bonds is 6. The monoisotopic (exact) mass is 527 g/mol. The van der Waals surface area contributed by atoms with Crippen LogP contribution in [0.4, 0.5) is 26.3 Å². The van der Waals surface area contributed by atoms with E-state index in [1.165, 1.54) is 26.1 Å². The standard InChI is InChI=1S/C21H27F6N5O4/c1-19(2,3)14(31-18(36)21(25,26)27)17(35)32-9-11(20(22,23)24)7-13(32)16(34)30-12(8-28)6-10-4-5-29-15(10)33/h10-14H,4-7,9H2,1-3H3,(H,29,33)(H,30,34)(H,31,36)/t10-,11?,12-,13-,14?/m0/s1. The van der Waals surface area contributed by atoms with Crippen LogP contribution in [0.1, 0.15) is 40.0 Å². The van der Waals surface area contributed by atoms with Gasteiger partial charge in [0.2, 0.25) is 17.7 Å². The number of carbonyl (C=O) groups excluding carboxylic acids is 4. The molecular weight excluding hydrogens is 500 g/mol. The summed E-state index contributed by atoms with van der Waals surface area (Å²) < 4.78 is 79.0. The molecule has 0 spiro atoms. The quantitative estimate of drug-likeness (QED) is 0.450. The molecule has 0 aromatic rings. The van der Waals surface area contributed by atoms with Crippen molar-refractivity contribution in [2.45, 2.75) is 70.5 Å². The van der Waals surface area contributed by atoms with E-state index in [-0.39, 0.29) is 12.3 Å². The molecule has 2 unspecified atom stereocenters. The highest BCUT2D eigenvalue weighted by Crippen LogP contribution is 2.38. The fourth-order valence-electron chi connectivity index (χ4n) is 4.16. The number of nitrogens with one attached hydrogen (secondary N) is 3. The van der Waals surface area contributed by atoms with Crippen LogP contribution in [0.5, 0.6) is 0 Å². The van der Waals surface area contributed by atoms with Gasteiger partial charge in [-0.25, -0.2) is 0 Å². The summed E-state index contributed by atoms with van der Waals surface area (Å²) in [7, 11) is 0. The Morgan fingerprint density at radius 2 is 1.75 bits per heavy atom. The Kier molecular flexibility index (Phi) is 8.52. The van der Waals surface area contributed by atoms with Gasteiger partial charge in [-0.05, 0) is 24.7 Å². The lowest BCUT2D eigenvalue weighted by Crippen LogP contribution is -2.59. The van der Waals surface area contributed by atoms with Gasteiger partial charge in [0.25, 0.3) is 0 Å². The lowest BCUT2D eigenvalue weighted by atomic mass is 9.85. The third-order valence-corrected chi connectivity index (χ3v) is 6.15. The number of alkyl halides is 6. The highest BCUT2D eigenvalue weighted by Gasteiger charge is 2.53. The number of nitriles is 1. The van der Waals surface area contributed by atoms with E-state index in [1.807, 2.05) is 0 Å². The van der Waals surface area contributed by atoms with Crippen LogP contribution in [0.25, 0.3) is 0 Å². The highest BCUT2D eigenvalue weighted by atomic mass is 19.4. The average molecular weight is 527 g/mol. The van der Waals surface area contributed by atoms with E-state index >= 15 is 0 Å². The first-order valence-electron chi connectivity index (χ1n) is 11.1. The summed E-state index contributed by atoms with van der Waals surface area (Å²) in [5, 5.41) is 15.7. The summed E-state index contributed by atoms with van der Waals surface area (Å²) in [5.74, 6) is -7.96. The van der Waals surface area contributed by atoms with Gasteiger partial charge in [-0.15, -0.1) is 0 Å². The van der Waals surface area contributed by atoms with Crippen molar-refractivity contribution in [3.05, 3.63) is 0 Å². The molecule has 0 bridgehead atoms. The van der Waals surface area contributed by atoms with Crippen LogP contribution in [-0.4, -0.2) is 72.1 Å². The van der Waals surface area contributed by atoms with Crippen LogP contribution in [0.2, 0.25) is 0 Å². The molecule has 15 heteroatoms. The van der Waals surface area contributed by atoms with Crippen molar-refractivity contribution >= 4 is 23.6 Å². The first kappa shape index (κ1) is 29.2. The topological polar surface area (TPSA) is 131 Å². The molecule has 2 saturated heterocycles. The highest BCUT2D eigenvalue weighted by molar-refractivity contribution is 5.94. The van der Waals surface area contributed by atoms with Crippen LogP contribution in [-0.2, 0) is 19.2 Å². The second-order valence-corrected chi connectivity index (χ2v) is 9.95. The molecule has 0 aliphatic carbocycles. The molecule has 2 fully saturated rings. The van der Waals surface area contributed by atoms with Crippen LogP contribution >= 0.6 is 0 Å². The van der Waals surface area contributed by atoms with E-state index in [0.717, 1.165) is 0 Å². The number of carbonyl (C=O) groups is 4. The fraction of sp³-hybridized carbons (Fsp3) is 0.762. The molecule has 0 radical (unpaired) electrons. The number of likely N-dealkylation sites (tertiary alicyclic amines) is 1. The Balaban J connectivity index is 2.30. The third kappa shape index (κ3) is 7.01. The van der Waals surface area contributed by atoms with Gasteiger partial charge in [0.1, 0.15) is 18.1 Å². The van der Waals surface area contributed by atoms with Crippen molar-refractivity contribution in [1.82, 2.24) is 20.9 Å². The number of nitrogens with zero attached hydrogens (tertiary/aromatic N) is 2. The van der Waals surface area contributed by atoms with Gasteiger partial charge in [0, 0.05) is 19.0 Å². The number of hydrogen-bond donors (Lipinski definition) is 3. The molecule has 2 aliphatic rings. The van der Waals surface area contributed by atoms with Crippen LogP contribution in [0, 0.1) is 28.6 Å². The largest absolute Gasteiger partial charge is 0.471 e. The minimum atomic E-state index is -5.35. The molecule has 202 valence electrons. The Morgan fingerprint density at radius 3 is 2.19 bits per heavy atom. The van der Waals surface area contributed by atoms with Crippen LogP contribution < -0.4 is 16.0 Å². The zero-order valence-corrected chi connectivity index (χ0v) is 19.7. The SMILES string of the molecule is CC(C)(C)C(NC(=O)C(F)(F)F)C(=O)N1CC(C(F)(F)F)C[C@H]1C(=O)N[C@H](C#N)C[C@@H]1CCNC1=O. The Labute approximate surface area is 202 Å². The molecule has 2 heterocycles. The Hall–Kier alpha value is -3.05. The van der Waals surface area contributed by atoms with E-state index < -0.39 is 78.4 Å². The van der Waals surface area contributed by atoms with E-state index in [9.17, 15) is 50.8 Å². The van der Waals surface area contributed by atoms with Crippen molar-refractivity contribution in [1.29, 1.82) is 5.26 Å². The molecule has 4 amide bonds. The lowest BCUT2D eigenvalue weighted by molar-refractivity contribution is -0.176. The van der Waals surface area contributed by atoms with Crippen LogP contribution in [0.3, 0.4) is 0 Å². The molecule has 2 rings (SSSR count). The minimum Gasteiger partial charge on any atom is -0.356 e. The van der Waals surface area contributed by atoms with Gasteiger partial charge in [0.05, 0.1) is 12.0 Å². The molecule has 0 aromatic carbocycles. The van der Waals surface area contributed by atoms with Gasteiger partial charge in [0.15, 0.2) is 0 Å². The van der Waals surface area contributed by atoms with E-state index in [2.05, 4.69) is 10.6 Å². The minimum absolute atomic E-state index is 0.107. The van der Waals surface area contributed by atoms with Gasteiger partial charge in [-0.2, -0.15) is 31.6 Å². The predicted octanol–water partition coefficient (Wildman–Crippen LogP) is 1.39. The average Bonchev–Trinajstić information content (AvgIpc) is 3.35. The first-order chi connectivity index (χ1) is 16.4. The molecule has 36 heavy (non-hydrogen) atoms. The summed E-state index contributed by atoms with van der Waals surface area (Å²) >= 11 is 0. The van der Waals surface area contributed by atoms with Gasteiger partial charge in [-0.1, -0.05) is 20.8 Å². The van der Waals surface area contributed by atoms with E-state index in [1.54, 1.807) is 6.07 Å². The number of halogens is 6. The number of hydrogen-bond acceptors (Lipinski definition) is 5. The maximum Gasteiger partial charge on any atom is 0.471 e. The molecular formula is C21H27F6N5O4. The summed E-state index contributed by atoms with van der Waals surface area (Å²) in [6, 6.07) is -3.15. The zero-order chi connectivity index (χ0) is 27.6. The normalized spacial score (nSPS) is 24.5. The van der Waals surface area contributed by atoms with Crippen molar-refractivity contribution in [2.24, 2.45) is 17.3 Å². The molecule has 2 aliphatic heterocycles. The summed E-state index contributed by atoms with van der Waals surface area (Å²) in [6.07, 6.45) is -10.8. The second-order valence-electron chi connectivity index (χ2n) is 9.95.